The second-order valence-electron chi connectivity index (χ2n) is 3.64. The van der Waals surface area contributed by atoms with Crippen molar-refractivity contribution in [2.75, 3.05) is 33.4 Å². The average Bonchev–Trinajstić information content (AvgIpc) is 2.34. The van der Waals surface area contributed by atoms with E-state index in [1.54, 1.807) is 7.11 Å². The van der Waals surface area contributed by atoms with Crippen LogP contribution in [-0.4, -0.2) is 33.4 Å². The molecule has 0 saturated heterocycles. The van der Waals surface area contributed by atoms with Gasteiger partial charge in [-0.3, -0.25) is 0 Å². The Balaban J connectivity index is 2.25. The Morgan fingerprint density at radius 1 is 1.33 bits per heavy atom. The number of benzene rings is 1. The molecule has 0 atom stereocenters. The Kier molecular flexibility index (Phi) is 7.58. The van der Waals surface area contributed by atoms with E-state index in [1.807, 2.05) is 0 Å². The summed E-state index contributed by atoms with van der Waals surface area (Å²) in [5.74, 6) is -0.0292. The minimum atomic E-state index is -0.483. The maximum atomic E-state index is 13.2. The van der Waals surface area contributed by atoms with Gasteiger partial charge < -0.3 is 14.8 Å². The third-order valence-electron chi connectivity index (χ3n) is 2.21. The van der Waals surface area contributed by atoms with Crippen molar-refractivity contribution in [2.24, 2.45) is 0 Å². The van der Waals surface area contributed by atoms with Crippen LogP contribution in [-0.2, 0) is 4.74 Å². The van der Waals surface area contributed by atoms with E-state index in [-0.39, 0.29) is 5.02 Å². The van der Waals surface area contributed by atoms with Crippen LogP contribution in [0.25, 0.3) is 0 Å². The molecule has 18 heavy (non-hydrogen) atoms. The van der Waals surface area contributed by atoms with Crippen molar-refractivity contribution in [1.82, 2.24) is 5.32 Å². The average molecular weight is 341 g/mol. The third-order valence-corrected chi connectivity index (χ3v) is 3.12. The molecule has 1 aromatic rings. The molecular formula is C12H16BrClFNO2. The van der Waals surface area contributed by atoms with Gasteiger partial charge in [-0.05, 0) is 35.0 Å². The number of halogens is 3. The summed E-state index contributed by atoms with van der Waals surface area (Å²) in [5.41, 5.74) is 0. The first-order valence-corrected chi connectivity index (χ1v) is 6.79. The maximum absolute atomic E-state index is 13.2. The van der Waals surface area contributed by atoms with Crippen LogP contribution in [0.15, 0.2) is 16.6 Å². The predicted octanol–water partition coefficient (Wildman–Crippen LogP) is 3.25. The standard InChI is InChI=1S/C12H16BrClFNO2/c1-17-5-2-3-16-4-6-18-12-8-11(15)10(14)7-9(12)13/h7-8,16H,2-6H2,1H3. The first-order valence-electron chi connectivity index (χ1n) is 5.62. The summed E-state index contributed by atoms with van der Waals surface area (Å²) in [7, 11) is 1.68. The summed E-state index contributed by atoms with van der Waals surface area (Å²) in [6.45, 7) is 2.77. The molecule has 1 aromatic carbocycles. The van der Waals surface area contributed by atoms with Crippen molar-refractivity contribution >= 4 is 27.5 Å². The number of hydrogen-bond donors (Lipinski definition) is 1. The van der Waals surface area contributed by atoms with E-state index < -0.39 is 5.82 Å². The van der Waals surface area contributed by atoms with Gasteiger partial charge in [-0.2, -0.15) is 0 Å². The highest BCUT2D eigenvalue weighted by molar-refractivity contribution is 9.10. The minimum absolute atomic E-state index is 0.0758. The Morgan fingerprint density at radius 2 is 2.11 bits per heavy atom. The normalized spacial score (nSPS) is 10.7. The van der Waals surface area contributed by atoms with Crippen LogP contribution in [0.3, 0.4) is 0 Å². The lowest BCUT2D eigenvalue weighted by molar-refractivity contribution is 0.193. The van der Waals surface area contributed by atoms with Gasteiger partial charge in [-0.1, -0.05) is 11.6 Å². The maximum Gasteiger partial charge on any atom is 0.145 e. The fourth-order valence-electron chi connectivity index (χ4n) is 1.31. The fraction of sp³-hybridized carbons (Fsp3) is 0.500. The van der Waals surface area contributed by atoms with Gasteiger partial charge >= 0.3 is 0 Å². The van der Waals surface area contributed by atoms with Gasteiger partial charge in [-0.25, -0.2) is 4.39 Å². The van der Waals surface area contributed by atoms with E-state index in [0.717, 1.165) is 19.6 Å². The van der Waals surface area contributed by atoms with Crippen molar-refractivity contribution in [2.45, 2.75) is 6.42 Å². The lowest BCUT2D eigenvalue weighted by atomic mass is 10.3. The van der Waals surface area contributed by atoms with Crippen LogP contribution in [0.5, 0.6) is 5.75 Å². The van der Waals surface area contributed by atoms with E-state index in [0.29, 0.717) is 23.4 Å². The molecule has 0 radical (unpaired) electrons. The van der Waals surface area contributed by atoms with Crippen molar-refractivity contribution in [3.63, 3.8) is 0 Å². The molecule has 0 spiro atoms. The molecular weight excluding hydrogens is 324 g/mol. The summed E-state index contributed by atoms with van der Waals surface area (Å²) >= 11 is 8.91. The van der Waals surface area contributed by atoms with Crippen molar-refractivity contribution in [3.05, 3.63) is 27.4 Å². The van der Waals surface area contributed by atoms with Crippen molar-refractivity contribution < 1.29 is 13.9 Å². The fourth-order valence-corrected chi connectivity index (χ4v) is 2.07. The smallest absolute Gasteiger partial charge is 0.145 e. The van der Waals surface area contributed by atoms with Crippen LogP contribution >= 0.6 is 27.5 Å². The van der Waals surface area contributed by atoms with E-state index in [9.17, 15) is 4.39 Å². The van der Waals surface area contributed by atoms with Gasteiger partial charge in [0, 0.05) is 26.3 Å². The highest BCUT2D eigenvalue weighted by atomic mass is 79.9. The minimum Gasteiger partial charge on any atom is -0.491 e. The summed E-state index contributed by atoms with van der Waals surface area (Å²) in [4.78, 5) is 0. The Bertz CT molecular complexity index is 379. The Morgan fingerprint density at radius 3 is 2.83 bits per heavy atom. The van der Waals surface area contributed by atoms with Crippen LogP contribution in [0.2, 0.25) is 5.02 Å². The van der Waals surface area contributed by atoms with Crippen LogP contribution in [0, 0.1) is 5.82 Å². The van der Waals surface area contributed by atoms with Crippen molar-refractivity contribution in [3.8, 4) is 5.75 Å². The quantitative estimate of drug-likeness (QED) is 0.582. The molecule has 1 N–H and O–H groups in total. The first kappa shape index (κ1) is 15.7. The monoisotopic (exact) mass is 339 g/mol. The molecule has 102 valence electrons. The third kappa shape index (κ3) is 5.52. The SMILES string of the molecule is COCCCNCCOc1cc(F)c(Cl)cc1Br. The molecule has 0 aromatic heterocycles. The predicted molar refractivity (Wildman–Crippen MR) is 74.0 cm³/mol. The molecule has 6 heteroatoms. The zero-order chi connectivity index (χ0) is 13.4. The van der Waals surface area contributed by atoms with E-state index in [2.05, 4.69) is 21.2 Å². The number of nitrogens with one attached hydrogen (secondary N) is 1. The number of ether oxygens (including phenoxy) is 2. The molecule has 0 bridgehead atoms. The van der Waals surface area contributed by atoms with Gasteiger partial charge in [0.15, 0.2) is 0 Å². The molecule has 0 unspecified atom stereocenters. The number of hydrogen-bond acceptors (Lipinski definition) is 3. The highest BCUT2D eigenvalue weighted by Crippen LogP contribution is 2.30. The van der Waals surface area contributed by atoms with Gasteiger partial charge in [0.25, 0.3) is 0 Å². The summed E-state index contributed by atoms with van der Waals surface area (Å²) in [6, 6.07) is 2.76. The van der Waals surface area contributed by atoms with Gasteiger partial charge in [0.2, 0.25) is 0 Å². The molecule has 1 rings (SSSR count). The van der Waals surface area contributed by atoms with E-state index in [4.69, 9.17) is 21.1 Å². The van der Waals surface area contributed by atoms with Crippen LogP contribution in [0.1, 0.15) is 6.42 Å². The molecule has 0 aliphatic rings. The first-order chi connectivity index (χ1) is 8.65. The lowest BCUT2D eigenvalue weighted by Gasteiger charge is -2.09. The second-order valence-corrected chi connectivity index (χ2v) is 4.90. The summed E-state index contributed by atoms with van der Waals surface area (Å²) < 4.78 is 24.2. The summed E-state index contributed by atoms with van der Waals surface area (Å²) in [5, 5.41) is 3.27. The zero-order valence-electron chi connectivity index (χ0n) is 10.1. The molecule has 0 saturated carbocycles. The van der Waals surface area contributed by atoms with Gasteiger partial charge in [-0.15, -0.1) is 0 Å². The van der Waals surface area contributed by atoms with Gasteiger partial charge in [0.1, 0.15) is 18.2 Å². The van der Waals surface area contributed by atoms with E-state index >= 15 is 0 Å². The molecule has 0 aliphatic carbocycles. The zero-order valence-corrected chi connectivity index (χ0v) is 12.5. The molecule has 0 fully saturated rings. The Hall–Kier alpha value is -0.360. The molecule has 0 heterocycles. The number of rotatable bonds is 8. The highest BCUT2D eigenvalue weighted by Gasteiger charge is 2.07. The molecule has 3 nitrogen and oxygen atoms in total. The van der Waals surface area contributed by atoms with Crippen LogP contribution < -0.4 is 10.1 Å². The summed E-state index contributed by atoms with van der Waals surface area (Å²) in [6.07, 6.45) is 0.954. The van der Waals surface area contributed by atoms with Crippen LogP contribution in [0.4, 0.5) is 4.39 Å². The van der Waals surface area contributed by atoms with E-state index in [1.165, 1.54) is 12.1 Å². The van der Waals surface area contributed by atoms with Crippen molar-refractivity contribution in [1.29, 1.82) is 0 Å². The largest absolute Gasteiger partial charge is 0.491 e. The van der Waals surface area contributed by atoms with Gasteiger partial charge in [0.05, 0.1) is 9.50 Å². The second kappa shape index (κ2) is 8.69. The molecule has 0 amide bonds. The lowest BCUT2D eigenvalue weighted by Crippen LogP contribution is -2.23. The number of methoxy groups -OCH3 is 1. The topological polar surface area (TPSA) is 30.5 Å². The Labute approximate surface area is 120 Å². The molecule has 0 aliphatic heterocycles.